The molecule has 0 spiro atoms. The summed E-state index contributed by atoms with van der Waals surface area (Å²) in [6.07, 6.45) is -0.0909. The van der Waals surface area contributed by atoms with Crippen molar-refractivity contribution >= 4 is 0 Å². The SMILES string of the molecule is COc1cc2c(cc1O)[C@@H]1O[C@H](OC)c3c(ccc4c3OCO4)[C@@H]1NCC2. The smallest absolute Gasteiger partial charge is 0.231 e. The third-order valence-corrected chi connectivity index (χ3v) is 5.47. The van der Waals surface area contributed by atoms with Gasteiger partial charge in [0.15, 0.2) is 29.3 Å². The van der Waals surface area contributed by atoms with Gasteiger partial charge in [0.25, 0.3) is 0 Å². The van der Waals surface area contributed by atoms with Crippen LogP contribution in [0.5, 0.6) is 23.0 Å². The summed E-state index contributed by atoms with van der Waals surface area (Å²) in [5.41, 5.74) is 3.95. The molecule has 3 aliphatic heterocycles. The van der Waals surface area contributed by atoms with E-state index < -0.39 is 6.29 Å². The molecule has 142 valence electrons. The molecule has 0 fully saturated rings. The number of hydrogen-bond acceptors (Lipinski definition) is 7. The van der Waals surface area contributed by atoms with Crippen LogP contribution in [-0.2, 0) is 15.9 Å². The van der Waals surface area contributed by atoms with E-state index in [1.54, 1.807) is 20.3 Å². The number of phenols is 1. The van der Waals surface area contributed by atoms with Gasteiger partial charge in [0.05, 0.1) is 18.7 Å². The Kier molecular flexibility index (Phi) is 3.89. The molecule has 2 aromatic carbocycles. The van der Waals surface area contributed by atoms with E-state index in [0.717, 1.165) is 35.2 Å². The molecule has 2 N–H and O–H groups in total. The first-order chi connectivity index (χ1) is 13.2. The molecule has 3 aliphatic rings. The average molecular weight is 371 g/mol. The van der Waals surface area contributed by atoms with E-state index in [2.05, 4.69) is 5.32 Å². The normalized spacial score (nSPS) is 25.2. The first-order valence-electron chi connectivity index (χ1n) is 8.95. The number of benzene rings is 2. The van der Waals surface area contributed by atoms with Gasteiger partial charge in [-0.25, -0.2) is 0 Å². The Morgan fingerprint density at radius 2 is 2.04 bits per heavy atom. The van der Waals surface area contributed by atoms with E-state index in [4.69, 9.17) is 23.7 Å². The van der Waals surface area contributed by atoms with Gasteiger partial charge in [0.1, 0.15) is 6.10 Å². The summed E-state index contributed by atoms with van der Waals surface area (Å²) in [5, 5.41) is 13.9. The lowest BCUT2D eigenvalue weighted by Crippen LogP contribution is -2.34. The summed E-state index contributed by atoms with van der Waals surface area (Å²) in [5.74, 6) is 1.96. The zero-order valence-electron chi connectivity index (χ0n) is 15.2. The molecule has 7 nitrogen and oxygen atoms in total. The molecule has 2 aromatic rings. The minimum absolute atomic E-state index is 0.0880. The molecule has 27 heavy (non-hydrogen) atoms. The summed E-state index contributed by atoms with van der Waals surface area (Å²) in [4.78, 5) is 0. The number of nitrogens with one attached hydrogen (secondary N) is 1. The Bertz CT molecular complexity index is 899. The van der Waals surface area contributed by atoms with Crippen molar-refractivity contribution in [2.24, 2.45) is 0 Å². The molecular weight excluding hydrogens is 350 g/mol. The molecule has 0 radical (unpaired) electrons. The van der Waals surface area contributed by atoms with Crippen molar-refractivity contribution in [3.63, 3.8) is 0 Å². The van der Waals surface area contributed by atoms with Crippen LogP contribution < -0.4 is 19.5 Å². The van der Waals surface area contributed by atoms with Crippen LogP contribution in [0.4, 0.5) is 0 Å². The zero-order valence-corrected chi connectivity index (χ0v) is 15.2. The van der Waals surface area contributed by atoms with E-state index >= 15 is 0 Å². The van der Waals surface area contributed by atoms with Gasteiger partial charge in [-0.2, -0.15) is 0 Å². The van der Waals surface area contributed by atoms with E-state index in [-0.39, 0.29) is 24.7 Å². The fourth-order valence-corrected chi connectivity index (χ4v) is 4.24. The average Bonchev–Trinajstić information content (AvgIpc) is 3.10. The third-order valence-electron chi connectivity index (χ3n) is 5.47. The van der Waals surface area contributed by atoms with E-state index in [0.29, 0.717) is 17.2 Å². The zero-order chi connectivity index (χ0) is 18.5. The van der Waals surface area contributed by atoms with Crippen LogP contribution in [0.15, 0.2) is 24.3 Å². The lowest BCUT2D eigenvalue weighted by Gasteiger charge is -2.38. The number of methoxy groups -OCH3 is 2. The van der Waals surface area contributed by atoms with Crippen LogP contribution in [0.25, 0.3) is 0 Å². The van der Waals surface area contributed by atoms with E-state index in [9.17, 15) is 5.11 Å². The molecule has 3 atom stereocenters. The highest BCUT2D eigenvalue weighted by atomic mass is 16.7. The van der Waals surface area contributed by atoms with Crippen LogP contribution in [0, 0.1) is 0 Å². The van der Waals surface area contributed by atoms with Gasteiger partial charge in [0, 0.05) is 7.11 Å². The van der Waals surface area contributed by atoms with Crippen molar-refractivity contribution < 1.29 is 28.8 Å². The van der Waals surface area contributed by atoms with Gasteiger partial charge in [-0.3, -0.25) is 0 Å². The number of fused-ring (bicyclic) bond motifs is 7. The van der Waals surface area contributed by atoms with Gasteiger partial charge < -0.3 is 34.1 Å². The Hall–Kier alpha value is -2.48. The monoisotopic (exact) mass is 371 g/mol. The third kappa shape index (κ3) is 2.46. The van der Waals surface area contributed by atoms with Crippen LogP contribution in [0.3, 0.4) is 0 Å². The lowest BCUT2D eigenvalue weighted by atomic mass is 9.87. The molecule has 0 aliphatic carbocycles. The van der Waals surface area contributed by atoms with Gasteiger partial charge in [-0.15, -0.1) is 0 Å². The Morgan fingerprint density at radius 1 is 1.15 bits per heavy atom. The van der Waals surface area contributed by atoms with Crippen molar-refractivity contribution in [1.29, 1.82) is 0 Å². The molecule has 7 heteroatoms. The van der Waals surface area contributed by atoms with Crippen molar-refractivity contribution in [1.82, 2.24) is 5.32 Å². The second-order valence-corrected chi connectivity index (χ2v) is 6.83. The predicted molar refractivity (Wildman–Crippen MR) is 95.2 cm³/mol. The number of hydrogen-bond donors (Lipinski definition) is 2. The predicted octanol–water partition coefficient (Wildman–Crippen LogP) is 2.73. The van der Waals surface area contributed by atoms with Crippen molar-refractivity contribution in [3.05, 3.63) is 46.5 Å². The van der Waals surface area contributed by atoms with Gasteiger partial charge in [0.2, 0.25) is 6.79 Å². The Morgan fingerprint density at radius 3 is 2.85 bits per heavy atom. The van der Waals surface area contributed by atoms with Crippen molar-refractivity contribution in [3.8, 4) is 23.0 Å². The largest absolute Gasteiger partial charge is 0.504 e. The highest BCUT2D eigenvalue weighted by Crippen LogP contribution is 2.53. The highest BCUT2D eigenvalue weighted by molar-refractivity contribution is 5.56. The molecule has 5 rings (SSSR count). The number of ether oxygens (including phenoxy) is 5. The lowest BCUT2D eigenvalue weighted by molar-refractivity contribution is -0.181. The maximum absolute atomic E-state index is 10.3. The molecule has 0 amide bonds. The number of aromatic hydroxyl groups is 1. The van der Waals surface area contributed by atoms with E-state index in [1.807, 2.05) is 18.2 Å². The summed E-state index contributed by atoms with van der Waals surface area (Å²) < 4.78 is 28.5. The van der Waals surface area contributed by atoms with Gasteiger partial charge in [-0.05, 0) is 47.9 Å². The van der Waals surface area contributed by atoms with Crippen LogP contribution in [-0.4, -0.2) is 32.7 Å². The molecule has 0 unspecified atom stereocenters. The first kappa shape index (κ1) is 16.7. The minimum atomic E-state index is -0.588. The Balaban J connectivity index is 1.66. The summed E-state index contributed by atoms with van der Waals surface area (Å²) >= 11 is 0. The second kappa shape index (κ2) is 6.30. The fraction of sp³-hybridized carbons (Fsp3) is 0.400. The fourth-order valence-electron chi connectivity index (χ4n) is 4.24. The molecule has 0 saturated carbocycles. The summed E-state index contributed by atoms with van der Waals surface area (Å²) in [6.45, 7) is 0.969. The topological polar surface area (TPSA) is 78.4 Å². The first-order valence-corrected chi connectivity index (χ1v) is 8.95. The molecule has 3 heterocycles. The van der Waals surface area contributed by atoms with Gasteiger partial charge in [-0.1, -0.05) is 6.07 Å². The quantitative estimate of drug-likeness (QED) is 0.840. The maximum atomic E-state index is 10.3. The minimum Gasteiger partial charge on any atom is -0.504 e. The van der Waals surface area contributed by atoms with Crippen molar-refractivity contribution in [2.45, 2.75) is 24.9 Å². The molecule has 0 bridgehead atoms. The van der Waals surface area contributed by atoms with E-state index in [1.165, 1.54) is 0 Å². The molecular formula is C20H21NO6. The Labute approximate surface area is 156 Å². The maximum Gasteiger partial charge on any atom is 0.231 e. The highest BCUT2D eigenvalue weighted by Gasteiger charge is 2.42. The van der Waals surface area contributed by atoms with Crippen molar-refractivity contribution in [2.75, 3.05) is 27.6 Å². The standard InChI is InChI=1S/C20H21NO6/c1-23-15-7-10-5-6-21-17-11-3-4-14-19(26-9-25-14)16(11)20(24-2)27-18(17)12(10)8-13(15)22/h3-4,7-8,17-18,20-22H,5-6,9H2,1-2H3/t17-,18-,20-/m0/s1. The number of phenolic OH excluding ortho intramolecular Hbond substituents is 1. The van der Waals surface area contributed by atoms with Crippen LogP contribution in [0.1, 0.15) is 40.7 Å². The van der Waals surface area contributed by atoms with Gasteiger partial charge >= 0.3 is 0 Å². The van der Waals surface area contributed by atoms with Crippen LogP contribution in [0.2, 0.25) is 0 Å². The number of rotatable bonds is 2. The summed E-state index contributed by atoms with van der Waals surface area (Å²) in [6, 6.07) is 7.50. The summed E-state index contributed by atoms with van der Waals surface area (Å²) in [7, 11) is 3.16. The van der Waals surface area contributed by atoms with Crippen LogP contribution >= 0.6 is 0 Å². The molecule has 0 aromatic heterocycles. The molecule has 0 saturated heterocycles. The second-order valence-electron chi connectivity index (χ2n) is 6.83.